The molecule has 0 aliphatic rings. The predicted octanol–water partition coefficient (Wildman–Crippen LogP) is 5.69. The lowest BCUT2D eigenvalue weighted by Crippen LogP contribution is -2.16. The average Bonchev–Trinajstić information content (AvgIpc) is 3.04. The van der Waals surface area contributed by atoms with Gasteiger partial charge in [0.1, 0.15) is 11.5 Å². The molecule has 2 aromatic carbocycles. The number of rotatable bonds is 4. The number of ether oxygens (including phenoxy) is 2. The van der Waals surface area contributed by atoms with Gasteiger partial charge in [0.15, 0.2) is 0 Å². The first-order chi connectivity index (χ1) is 13.0. The van der Waals surface area contributed by atoms with Crippen LogP contribution >= 0.6 is 0 Å². The number of imidazole rings is 1. The molecule has 0 unspecified atom stereocenters. The Hall–Kier alpha value is -3.48. The van der Waals surface area contributed by atoms with Crippen LogP contribution in [0.4, 0.5) is 13.2 Å². The molecule has 0 saturated carbocycles. The van der Waals surface area contributed by atoms with Crippen molar-refractivity contribution in [1.29, 1.82) is 0 Å². The minimum absolute atomic E-state index is 0.261. The Bertz CT molecular complexity index is 1060. The van der Waals surface area contributed by atoms with Crippen LogP contribution in [0.1, 0.15) is 0 Å². The van der Waals surface area contributed by atoms with Crippen LogP contribution in [0.25, 0.3) is 16.6 Å². The number of halogens is 3. The van der Waals surface area contributed by atoms with Gasteiger partial charge in [-0.1, -0.05) is 36.4 Å². The highest BCUT2D eigenvalue weighted by atomic mass is 19.4. The number of para-hydroxylation sites is 1. The molecule has 136 valence electrons. The zero-order valence-corrected chi connectivity index (χ0v) is 13.9. The second-order valence-electron chi connectivity index (χ2n) is 5.74. The third-order valence-corrected chi connectivity index (χ3v) is 3.87. The van der Waals surface area contributed by atoms with Crippen LogP contribution in [0, 0.1) is 0 Å². The molecule has 4 aromatic rings. The Balaban J connectivity index is 1.64. The Labute approximate surface area is 152 Å². The summed E-state index contributed by atoms with van der Waals surface area (Å²) >= 11 is 0. The van der Waals surface area contributed by atoms with Gasteiger partial charge in [0.2, 0.25) is 0 Å². The summed E-state index contributed by atoms with van der Waals surface area (Å²) < 4.78 is 48.3. The van der Waals surface area contributed by atoms with Crippen LogP contribution < -0.4 is 9.47 Å². The first-order valence-electron chi connectivity index (χ1n) is 8.04. The molecule has 7 heteroatoms. The monoisotopic (exact) mass is 370 g/mol. The summed E-state index contributed by atoms with van der Waals surface area (Å²) in [4.78, 5) is 4.28. The van der Waals surface area contributed by atoms with Crippen molar-refractivity contribution in [2.45, 2.75) is 6.36 Å². The first-order valence-corrected chi connectivity index (χ1v) is 8.04. The Morgan fingerprint density at radius 2 is 1.48 bits per heavy atom. The van der Waals surface area contributed by atoms with Gasteiger partial charge in [-0.25, -0.2) is 4.98 Å². The second-order valence-corrected chi connectivity index (χ2v) is 5.74. The number of benzene rings is 2. The largest absolute Gasteiger partial charge is 0.573 e. The summed E-state index contributed by atoms with van der Waals surface area (Å²) in [6, 6.07) is 19.1. The summed E-state index contributed by atoms with van der Waals surface area (Å²) in [6.07, 6.45) is -1.20. The van der Waals surface area contributed by atoms with Gasteiger partial charge in [-0.2, -0.15) is 0 Å². The molecule has 0 aliphatic carbocycles. The summed E-state index contributed by atoms with van der Waals surface area (Å²) in [7, 11) is 0. The van der Waals surface area contributed by atoms with Gasteiger partial charge in [-0.3, -0.25) is 4.40 Å². The maximum Gasteiger partial charge on any atom is 0.573 e. The van der Waals surface area contributed by atoms with E-state index in [1.807, 2.05) is 48.7 Å². The highest BCUT2D eigenvalue weighted by molar-refractivity contribution is 5.66. The molecule has 27 heavy (non-hydrogen) atoms. The van der Waals surface area contributed by atoms with Gasteiger partial charge in [0.05, 0.1) is 11.7 Å². The average molecular weight is 370 g/mol. The van der Waals surface area contributed by atoms with E-state index in [4.69, 9.17) is 4.74 Å². The van der Waals surface area contributed by atoms with Crippen LogP contribution in [-0.2, 0) is 0 Å². The maximum atomic E-state index is 12.3. The van der Waals surface area contributed by atoms with Crippen molar-refractivity contribution in [3.8, 4) is 28.6 Å². The highest BCUT2D eigenvalue weighted by Gasteiger charge is 2.30. The van der Waals surface area contributed by atoms with Gasteiger partial charge in [0.25, 0.3) is 0 Å². The maximum absolute atomic E-state index is 12.3. The number of hydrogen-bond acceptors (Lipinski definition) is 3. The standard InChI is InChI=1S/C20H13F3N2O2/c21-20(22,23)27-18-10-7-14(8-11-18)15-6-9-16-12-24-19(25(16)13-15)26-17-4-2-1-3-5-17/h1-13H. The molecular weight excluding hydrogens is 357 g/mol. The molecule has 2 heterocycles. The number of nitrogens with zero attached hydrogens (tertiary/aromatic N) is 2. The van der Waals surface area contributed by atoms with E-state index in [-0.39, 0.29) is 5.75 Å². The third-order valence-electron chi connectivity index (χ3n) is 3.87. The summed E-state index contributed by atoms with van der Waals surface area (Å²) in [6.45, 7) is 0. The second kappa shape index (κ2) is 6.68. The van der Waals surface area contributed by atoms with Crippen molar-refractivity contribution in [2.24, 2.45) is 0 Å². The lowest BCUT2D eigenvalue weighted by molar-refractivity contribution is -0.274. The molecule has 0 atom stereocenters. The van der Waals surface area contributed by atoms with Crippen molar-refractivity contribution in [2.75, 3.05) is 0 Å². The molecule has 0 amide bonds. The molecule has 0 saturated heterocycles. The number of aromatic nitrogens is 2. The number of fused-ring (bicyclic) bond motifs is 1. The molecule has 0 N–H and O–H groups in total. The van der Waals surface area contributed by atoms with Crippen LogP contribution in [0.3, 0.4) is 0 Å². The van der Waals surface area contributed by atoms with Gasteiger partial charge < -0.3 is 9.47 Å². The van der Waals surface area contributed by atoms with E-state index in [9.17, 15) is 13.2 Å². The Kier molecular flexibility index (Phi) is 4.19. The molecule has 4 rings (SSSR count). The van der Waals surface area contributed by atoms with E-state index in [0.717, 1.165) is 16.6 Å². The fraction of sp³-hybridized carbons (Fsp3) is 0.0500. The van der Waals surface area contributed by atoms with Crippen molar-refractivity contribution in [3.63, 3.8) is 0 Å². The van der Waals surface area contributed by atoms with E-state index in [1.54, 1.807) is 22.7 Å². The zero-order chi connectivity index (χ0) is 18.9. The number of pyridine rings is 1. The smallest absolute Gasteiger partial charge is 0.425 e. The summed E-state index contributed by atoms with van der Waals surface area (Å²) in [5, 5.41) is 0. The molecule has 4 nitrogen and oxygen atoms in total. The SMILES string of the molecule is FC(F)(F)Oc1ccc(-c2ccc3cnc(Oc4ccccc4)n3c2)cc1. The normalized spacial score (nSPS) is 11.5. The van der Waals surface area contributed by atoms with Gasteiger partial charge >= 0.3 is 12.4 Å². The summed E-state index contributed by atoms with van der Waals surface area (Å²) in [5.74, 6) is 0.395. The van der Waals surface area contributed by atoms with Gasteiger partial charge in [-0.05, 0) is 41.5 Å². The fourth-order valence-electron chi connectivity index (χ4n) is 2.66. The van der Waals surface area contributed by atoms with Gasteiger partial charge in [-0.15, -0.1) is 13.2 Å². The Morgan fingerprint density at radius 1 is 0.778 bits per heavy atom. The van der Waals surface area contributed by atoms with E-state index < -0.39 is 6.36 Å². The molecule has 0 radical (unpaired) electrons. The Morgan fingerprint density at radius 3 is 2.19 bits per heavy atom. The van der Waals surface area contributed by atoms with Crippen molar-refractivity contribution in [3.05, 3.63) is 79.1 Å². The zero-order valence-electron chi connectivity index (χ0n) is 13.9. The minimum Gasteiger partial charge on any atom is -0.425 e. The highest BCUT2D eigenvalue weighted by Crippen LogP contribution is 2.28. The van der Waals surface area contributed by atoms with Crippen LogP contribution in [0.2, 0.25) is 0 Å². The van der Waals surface area contributed by atoms with E-state index in [1.165, 1.54) is 12.1 Å². The first kappa shape index (κ1) is 17.0. The van der Waals surface area contributed by atoms with E-state index >= 15 is 0 Å². The lowest BCUT2D eigenvalue weighted by atomic mass is 10.1. The van der Waals surface area contributed by atoms with Crippen LogP contribution in [0.15, 0.2) is 79.1 Å². The van der Waals surface area contributed by atoms with Crippen molar-refractivity contribution in [1.82, 2.24) is 9.38 Å². The van der Waals surface area contributed by atoms with Gasteiger partial charge in [0, 0.05) is 6.20 Å². The number of hydrogen-bond donors (Lipinski definition) is 0. The van der Waals surface area contributed by atoms with Crippen LogP contribution in [0.5, 0.6) is 17.5 Å². The van der Waals surface area contributed by atoms with Crippen LogP contribution in [-0.4, -0.2) is 15.7 Å². The van der Waals surface area contributed by atoms with E-state index in [2.05, 4.69) is 9.72 Å². The fourth-order valence-corrected chi connectivity index (χ4v) is 2.66. The molecule has 0 aliphatic heterocycles. The van der Waals surface area contributed by atoms with Crippen molar-refractivity contribution < 1.29 is 22.6 Å². The topological polar surface area (TPSA) is 35.8 Å². The summed E-state index contributed by atoms with van der Waals surface area (Å²) in [5.41, 5.74) is 2.38. The molecule has 0 spiro atoms. The predicted molar refractivity (Wildman–Crippen MR) is 93.8 cm³/mol. The third kappa shape index (κ3) is 3.87. The molecule has 0 fully saturated rings. The lowest BCUT2D eigenvalue weighted by Gasteiger charge is -2.10. The molecule has 2 aromatic heterocycles. The van der Waals surface area contributed by atoms with E-state index in [0.29, 0.717) is 11.8 Å². The quantitative estimate of drug-likeness (QED) is 0.463. The minimum atomic E-state index is -4.71. The molecule has 0 bridgehead atoms. The molecular formula is C20H13F3N2O2. The van der Waals surface area contributed by atoms with Crippen molar-refractivity contribution >= 4 is 5.52 Å². The number of alkyl halides is 3.